The maximum absolute atomic E-state index is 5.81. The smallest absolute Gasteiger partial charge is 0.00824 e. The third-order valence-electron chi connectivity index (χ3n) is 2.87. The van der Waals surface area contributed by atoms with Crippen LogP contribution in [0.1, 0.15) is 32.1 Å². The van der Waals surface area contributed by atoms with Gasteiger partial charge in [-0.1, -0.05) is 0 Å². The van der Waals surface area contributed by atoms with Crippen LogP contribution in [0, 0.1) is 5.92 Å². The van der Waals surface area contributed by atoms with Crippen LogP contribution in [0.3, 0.4) is 0 Å². The minimum atomic E-state index is 0.478. The first-order valence-electron chi connectivity index (χ1n) is 4.83. The van der Waals surface area contributed by atoms with Crippen molar-refractivity contribution in [3.8, 4) is 0 Å². The van der Waals surface area contributed by atoms with E-state index in [9.17, 15) is 0 Å². The van der Waals surface area contributed by atoms with Gasteiger partial charge in [-0.15, -0.1) is 0 Å². The quantitative estimate of drug-likeness (QED) is 0.633. The molecule has 64 valence electrons. The van der Waals surface area contributed by atoms with Gasteiger partial charge in [0.2, 0.25) is 0 Å². The van der Waals surface area contributed by atoms with E-state index < -0.39 is 0 Å². The minimum Gasteiger partial charge on any atom is -0.328 e. The molecule has 0 aliphatic heterocycles. The molecule has 3 N–H and O–H groups in total. The maximum atomic E-state index is 5.81. The van der Waals surface area contributed by atoms with E-state index in [0.717, 1.165) is 12.0 Å². The Morgan fingerprint density at radius 3 is 2.55 bits per heavy atom. The molecule has 2 fully saturated rings. The Balaban J connectivity index is 1.62. The van der Waals surface area contributed by atoms with Crippen LogP contribution in [-0.2, 0) is 0 Å². The average molecular weight is 154 g/mol. The van der Waals surface area contributed by atoms with Gasteiger partial charge < -0.3 is 11.1 Å². The zero-order chi connectivity index (χ0) is 7.68. The number of nitrogens with two attached hydrogens (primary N) is 1. The Hall–Kier alpha value is -0.0800. The summed E-state index contributed by atoms with van der Waals surface area (Å²) in [4.78, 5) is 0. The molecule has 0 saturated heterocycles. The molecular formula is C9H18N2. The van der Waals surface area contributed by atoms with Crippen molar-refractivity contribution in [2.24, 2.45) is 11.7 Å². The number of hydrogen-bond acceptors (Lipinski definition) is 2. The summed E-state index contributed by atoms with van der Waals surface area (Å²) in [6, 6.07) is 1.22. The molecule has 0 bridgehead atoms. The lowest BCUT2D eigenvalue weighted by atomic mass is 10.2. The van der Waals surface area contributed by atoms with Gasteiger partial charge in [0.15, 0.2) is 0 Å². The lowest BCUT2D eigenvalue weighted by molar-refractivity contribution is 0.501. The predicted octanol–water partition coefficient (Wildman–Crippen LogP) is 0.866. The van der Waals surface area contributed by atoms with Crippen molar-refractivity contribution >= 4 is 0 Å². The van der Waals surface area contributed by atoms with Gasteiger partial charge in [0.05, 0.1) is 0 Å². The molecule has 0 radical (unpaired) electrons. The van der Waals surface area contributed by atoms with Gasteiger partial charge >= 0.3 is 0 Å². The highest BCUT2D eigenvalue weighted by Gasteiger charge is 2.25. The Labute approximate surface area is 68.5 Å². The van der Waals surface area contributed by atoms with Gasteiger partial charge in [-0.05, 0) is 44.6 Å². The molecule has 2 heteroatoms. The molecule has 0 heterocycles. The van der Waals surface area contributed by atoms with Crippen molar-refractivity contribution in [3.63, 3.8) is 0 Å². The Morgan fingerprint density at radius 2 is 2.00 bits per heavy atom. The maximum Gasteiger partial charge on any atom is 0.00824 e. The van der Waals surface area contributed by atoms with E-state index in [1.165, 1.54) is 38.6 Å². The first-order valence-corrected chi connectivity index (χ1v) is 4.83. The van der Waals surface area contributed by atoms with E-state index in [0.29, 0.717) is 6.04 Å². The van der Waals surface area contributed by atoms with Crippen LogP contribution < -0.4 is 11.1 Å². The van der Waals surface area contributed by atoms with Crippen LogP contribution in [0.25, 0.3) is 0 Å². The second-order valence-electron chi connectivity index (χ2n) is 4.12. The van der Waals surface area contributed by atoms with Crippen molar-refractivity contribution in [3.05, 3.63) is 0 Å². The lowest BCUT2D eigenvalue weighted by Gasteiger charge is -2.10. The fraction of sp³-hybridized carbons (Fsp3) is 1.00. The monoisotopic (exact) mass is 154 g/mol. The molecule has 2 nitrogen and oxygen atoms in total. The van der Waals surface area contributed by atoms with Gasteiger partial charge in [0.25, 0.3) is 0 Å². The standard InChI is InChI=1S/C9H18N2/c10-8-3-4-9(5-8)11-6-7-1-2-7/h7-9,11H,1-6,10H2. The van der Waals surface area contributed by atoms with Crippen LogP contribution in [0.5, 0.6) is 0 Å². The van der Waals surface area contributed by atoms with E-state index in [4.69, 9.17) is 5.73 Å². The third kappa shape index (κ3) is 2.17. The molecule has 2 unspecified atom stereocenters. The second kappa shape index (κ2) is 3.11. The molecule has 0 spiro atoms. The van der Waals surface area contributed by atoms with Crippen LogP contribution >= 0.6 is 0 Å². The first-order chi connectivity index (χ1) is 5.34. The van der Waals surface area contributed by atoms with Crippen molar-refractivity contribution in [2.45, 2.75) is 44.2 Å². The molecule has 11 heavy (non-hydrogen) atoms. The SMILES string of the molecule is NC1CCC(NCC2CC2)C1. The van der Waals surface area contributed by atoms with Crippen molar-refractivity contribution in [1.29, 1.82) is 0 Å². The zero-order valence-electron chi connectivity index (χ0n) is 7.05. The summed E-state index contributed by atoms with van der Waals surface area (Å²) in [7, 11) is 0. The van der Waals surface area contributed by atoms with E-state index in [2.05, 4.69) is 5.32 Å². The normalized spacial score (nSPS) is 37.9. The largest absolute Gasteiger partial charge is 0.328 e. The average Bonchev–Trinajstić information content (AvgIpc) is 2.72. The molecule has 2 aliphatic rings. The first kappa shape index (κ1) is 7.56. The molecule has 0 aromatic heterocycles. The Morgan fingerprint density at radius 1 is 1.18 bits per heavy atom. The van der Waals surface area contributed by atoms with Crippen LogP contribution in [-0.4, -0.2) is 18.6 Å². The molecular weight excluding hydrogens is 136 g/mol. The van der Waals surface area contributed by atoms with Crippen molar-refractivity contribution in [1.82, 2.24) is 5.32 Å². The van der Waals surface area contributed by atoms with Crippen LogP contribution in [0.4, 0.5) is 0 Å². The summed E-state index contributed by atoms with van der Waals surface area (Å²) in [5.74, 6) is 1.01. The summed E-state index contributed by atoms with van der Waals surface area (Å²) < 4.78 is 0. The number of nitrogens with one attached hydrogen (secondary N) is 1. The fourth-order valence-corrected chi connectivity index (χ4v) is 1.86. The van der Waals surface area contributed by atoms with E-state index >= 15 is 0 Å². The lowest BCUT2D eigenvalue weighted by Crippen LogP contribution is -2.30. The second-order valence-corrected chi connectivity index (χ2v) is 4.12. The van der Waals surface area contributed by atoms with Crippen molar-refractivity contribution in [2.75, 3.05) is 6.54 Å². The third-order valence-corrected chi connectivity index (χ3v) is 2.87. The van der Waals surface area contributed by atoms with Crippen molar-refractivity contribution < 1.29 is 0 Å². The Bertz CT molecular complexity index is 132. The van der Waals surface area contributed by atoms with E-state index in [1.54, 1.807) is 0 Å². The van der Waals surface area contributed by atoms with Gasteiger partial charge in [-0.3, -0.25) is 0 Å². The summed E-state index contributed by atoms with van der Waals surface area (Å²) in [6.07, 6.45) is 6.63. The molecule has 0 amide bonds. The molecule has 2 atom stereocenters. The predicted molar refractivity (Wildman–Crippen MR) is 46.3 cm³/mol. The summed E-state index contributed by atoms with van der Waals surface area (Å²) in [5, 5.41) is 3.59. The van der Waals surface area contributed by atoms with Gasteiger partial charge in [0.1, 0.15) is 0 Å². The van der Waals surface area contributed by atoms with Crippen LogP contribution in [0.15, 0.2) is 0 Å². The fourth-order valence-electron chi connectivity index (χ4n) is 1.86. The summed E-state index contributed by atoms with van der Waals surface area (Å²) >= 11 is 0. The summed E-state index contributed by atoms with van der Waals surface area (Å²) in [6.45, 7) is 1.25. The molecule has 0 aromatic rings. The zero-order valence-corrected chi connectivity index (χ0v) is 7.05. The van der Waals surface area contributed by atoms with E-state index in [-0.39, 0.29) is 0 Å². The van der Waals surface area contributed by atoms with Gasteiger partial charge in [0, 0.05) is 12.1 Å². The van der Waals surface area contributed by atoms with Gasteiger partial charge in [-0.2, -0.15) is 0 Å². The highest BCUT2D eigenvalue weighted by molar-refractivity contribution is 4.85. The summed E-state index contributed by atoms with van der Waals surface area (Å²) in [5.41, 5.74) is 5.81. The number of hydrogen-bond donors (Lipinski definition) is 2. The highest BCUT2D eigenvalue weighted by Crippen LogP contribution is 2.28. The van der Waals surface area contributed by atoms with E-state index in [1.807, 2.05) is 0 Å². The number of rotatable bonds is 3. The topological polar surface area (TPSA) is 38.0 Å². The van der Waals surface area contributed by atoms with Gasteiger partial charge in [-0.25, -0.2) is 0 Å². The molecule has 0 aromatic carbocycles. The minimum absolute atomic E-state index is 0.478. The van der Waals surface area contributed by atoms with Crippen LogP contribution in [0.2, 0.25) is 0 Å². The molecule has 2 saturated carbocycles. The highest BCUT2D eigenvalue weighted by atomic mass is 14.9. The molecule has 2 aliphatic carbocycles. The Kier molecular flexibility index (Phi) is 2.14. The molecule has 2 rings (SSSR count).